The molecule has 19 heavy (non-hydrogen) atoms. The highest BCUT2D eigenvalue weighted by Gasteiger charge is 2.25. The Morgan fingerprint density at radius 2 is 1.58 bits per heavy atom. The largest absolute Gasteiger partial charge is 0.321 e. The van der Waals surface area contributed by atoms with E-state index in [4.69, 9.17) is 17.3 Å². The van der Waals surface area contributed by atoms with Gasteiger partial charge in [-0.1, -0.05) is 48.0 Å². The Balaban J connectivity index is 2.39. The van der Waals surface area contributed by atoms with Crippen molar-refractivity contribution in [3.63, 3.8) is 0 Å². The summed E-state index contributed by atoms with van der Waals surface area (Å²) in [6, 6.07) is 14.2. The van der Waals surface area contributed by atoms with Gasteiger partial charge < -0.3 is 5.73 Å². The highest BCUT2D eigenvalue weighted by atomic mass is 35.5. The zero-order chi connectivity index (χ0) is 14.0. The lowest BCUT2D eigenvalue weighted by molar-refractivity contribution is 0.489. The minimum absolute atomic E-state index is 0.463. The normalized spacial score (nSPS) is 14.2. The van der Waals surface area contributed by atoms with Crippen molar-refractivity contribution in [3.8, 4) is 0 Å². The zero-order valence-electron chi connectivity index (χ0n) is 11.7. The van der Waals surface area contributed by atoms with Gasteiger partial charge in [0.1, 0.15) is 0 Å². The van der Waals surface area contributed by atoms with E-state index >= 15 is 0 Å². The summed E-state index contributed by atoms with van der Waals surface area (Å²) in [6.07, 6.45) is 0.787. The van der Waals surface area contributed by atoms with E-state index in [0.717, 1.165) is 17.0 Å². The van der Waals surface area contributed by atoms with Crippen LogP contribution in [0.2, 0.25) is 5.02 Å². The Bertz CT molecular complexity index is 567. The van der Waals surface area contributed by atoms with Crippen LogP contribution in [-0.4, -0.2) is 0 Å². The first-order valence-electron chi connectivity index (χ1n) is 6.51. The second-order valence-electron chi connectivity index (χ2n) is 5.44. The first-order chi connectivity index (χ1) is 8.92. The van der Waals surface area contributed by atoms with Gasteiger partial charge in [0, 0.05) is 10.6 Å². The van der Waals surface area contributed by atoms with Gasteiger partial charge in [0.25, 0.3) is 0 Å². The maximum absolute atomic E-state index is 6.52. The molecule has 1 unspecified atom stereocenters. The molecule has 0 aliphatic rings. The van der Waals surface area contributed by atoms with Gasteiger partial charge in [-0.15, -0.1) is 0 Å². The zero-order valence-corrected chi connectivity index (χ0v) is 12.5. The molecule has 2 aromatic rings. The first-order valence-corrected chi connectivity index (χ1v) is 6.88. The molecule has 2 heteroatoms. The lowest BCUT2D eigenvalue weighted by atomic mass is 9.84. The van der Waals surface area contributed by atoms with E-state index in [2.05, 4.69) is 32.0 Å². The second kappa shape index (κ2) is 5.36. The van der Waals surface area contributed by atoms with Crippen LogP contribution in [0.25, 0.3) is 0 Å². The van der Waals surface area contributed by atoms with Gasteiger partial charge >= 0.3 is 0 Å². The molecule has 2 N–H and O–H groups in total. The SMILES string of the molecule is Cc1cccc(C)c1CC(C)(N)c1ccccc1Cl. The van der Waals surface area contributed by atoms with Gasteiger partial charge in [0.15, 0.2) is 0 Å². The van der Waals surface area contributed by atoms with Gasteiger partial charge in [-0.05, 0) is 55.5 Å². The minimum atomic E-state index is -0.463. The van der Waals surface area contributed by atoms with Crippen molar-refractivity contribution >= 4 is 11.6 Å². The smallest absolute Gasteiger partial charge is 0.0456 e. The fourth-order valence-electron chi connectivity index (χ4n) is 2.51. The summed E-state index contributed by atoms with van der Waals surface area (Å²) in [6.45, 7) is 6.30. The van der Waals surface area contributed by atoms with Crippen LogP contribution < -0.4 is 5.73 Å². The Hall–Kier alpha value is -1.31. The standard InChI is InChI=1S/C17H20ClN/c1-12-7-6-8-13(2)14(12)11-17(3,19)15-9-4-5-10-16(15)18/h4-10H,11,19H2,1-3H3. The van der Waals surface area contributed by atoms with Crippen molar-refractivity contribution in [2.75, 3.05) is 0 Å². The summed E-state index contributed by atoms with van der Waals surface area (Å²) in [4.78, 5) is 0. The van der Waals surface area contributed by atoms with Crippen LogP contribution in [0.3, 0.4) is 0 Å². The predicted molar refractivity (Wildman–Crippen MR) is 82.6 cm³/mol. The maximum Gasteiger partial charge on any atom is 0.0456 e. The van der Waals surface area contributed by atoms with E-state index in [0.29, 0.717) is 0 Å². The van der Waals surface area contributed by atoms with Crippen molar-refractivity contribution in [2.24, 2.45) is 5.73 Å². The van der Waals surface area contributed by atoms with Crippen molar-refractivity contribution < 1.29 is 0 Å². The first kappa shape index (κ1) is 14.1. The van der Waals surface area contributed by atoms with E-state index in [-0.39, 0.29) is 0 Å². The second-order valence-corrected chi connectivity index (χ2v) is 5.85. The van der Waals surface area contributed by atoms with Crippen molar-refractivity contribution in [1.29, 1.82) is 0 Å². The van der Waals surface area contributed by atoms with Crippen molar-refractivity contribution in [3.05, 3.63) is 69.7 Å². The van der Waals surface area contributed by atoms with E-state index in [1.807, 2.05) is 31.2 Å². The average Bonchev–Trinajstić information content (AvgIpc) is 2.34. The van der Waals surface area contributed by atoms with E-state index in [9.17, 15) is 0 Å². The summed E-state index contributed by atoms with van der Waals surface area (Å²) in [5, 5.41) is 0.735. The monoisotopic (exact) mass is 273 g/mol. The molecule has 0 radical (unpaired) electrons. The summed E-state index contributed by atoms with van der Waals surface area (Å²) in [7, 11) is 0. The van der Waals surface area contributed by atoms with Gasteiger partial charge in [-0.3, -0.25) is 0 Å². The third-order valence-electron chi connectivity index (χ3n) is 3.68. The molecule has 0 saturated carbocycles. The lowest BCUT2D eigenvalue weighted by Crippen LogP contribution is -2.36. The quantitative estimate of drug-likeness (QED) is 0.883. The number of aryl methyl sites for hydroxylation is 2. The number of rotatable bonds is 3. The molecule has 1 nitrogen and oxygen atoms in total. The molecule has 0 spiro atoms. The fraction of sp³-hybridized carbons (Fsp3) is 0.294. The van der Waals surface area contributed by atoms with E-state index < -0.39 is 5.54 Å². The highest BCUT2D eigenvalue weighted by Crippen LogP contribution is 2.30. The van der Waals surface area contributed by atoms with Crippen LogP contribution in [0.15, 0.2) is 42.5 Å². The third-order valence-corrected chi connectivity index (χ3v) is 4.01. The topological polar surface area (TPSA) is 26.0 Å². The highest BCUT2D eigenvalue weighted by molar-refractivity contribution is 6.31. The van der Waals surface area contributed by atoms with Crippen LogP contribution in [0, 0.1) is 13.8 Å². The Labute approximate surface area is 120 Å². The van der Waals surface area contributed by atoms with Crippen LogP contribution in [-0.2, 0) is 12.0 Å². The number of hydrogen-bond donors (Lipinski definition) is 1. The van der Waals surface area contributed by atoms with Crippen LogP contribution in [0.5, 0.6) is 0 Å². The molecule has 0 bridgehead atoms. The summed E-state index contributed by atoms with van der Waals surface area (Å²) in [5.41, 5.74) is 10.9. The molecule has 0 aliphatic heterocycles. The fourth-order valence-corrected chi connectivity index (χ4v) is 2.87. The molecule has 0 fully saturated rings. The number of halogens is 1. The lowest BCUT2D eigenvalue weighted by Gasteiger charge is -2.28. The Morgan fingerprint density at radius 3 is 2.16 bits per heavy atom. The van der Waals surface area contributed by atoms with Gasteiger partial charge in [0.05, 0.1) is 0 Å². The molecule has 1 atom stereocenters. The van der Waals surface area contributed by atoms with Crippen LogP contribution in [0.1, 0.15) is 29.2 Å². The van der Waals surface area contributed by atoms with Crippen molar-refractivity contribution in [1.82, 2.24) is 0 Å². The molecule has 0 amide bonds. The molecule has 0 heterocycles. The minimum Gasteiger partial charge on any atom is -0.321 e. The maximum atomic E-state index is 6.52. The number of hydrogen-bond acceptors (Lipinski definition) is 1. The number of nitrogens with two attached hydrogens (primary N) is 1. The molecule has 100 valence electrons. The summed E-state index contributed by atoms with van der Waals surface area (Å²) >= 11 is 6.27. The van der Waals surface area contributed by atoms with Crippen molar-refractivity contribution in [2.45, 2.75) is 32.7 Å². The average molecular weight is 274 g/mol. The van der Waals surface area contributed by atoms with E-state index in [1.165, 1.54) is 16.7 Å². The third kappa shape index (κ3) is 2.99. The Kier molecular flexibility index (Phi) is 3.98. The van der Waals surface area contributed by atoms with E-state index in [1.54, 1.807) is 0 Å². The Morgan fingerprint density at radius 1 is 1.00 bits per heavy atom. The predicted octanol–water partition coefficient (Wildman–Crippen LogP) is 4.37. The molecule has 2 aromatic carbocycles. The van der Waals surface area contributed by atoms with Crippen LogP contribution in [0.4, 0.5) is 0 Å². The molecule has 0 saturated heterocycles. The van der Waals surface area contributed by atoms with Crippen LogP contribution >= 0.6 is 11.6 Å². The summed E-state index contributed by atoms with van der Waals surface area (Å²) < 4.78 is 0. The summed E-state index contributed by atoms with van der Waals surface area (Å²) in [5.74, 6) is 0. The molecule has 2 rings (SSSR count). The molecule has 0 aliphatic carbocycles. The molecular weight excluding hydrogens is 254 g/mol. The van der Waals surface area contributed by atoms with Gasteiger partial charge in [-0.2, -0.15) is 0 Å². The van der Waals surface area contributed by atoms with Gasteiger partial charge in [-0.25, -0.2) is 0 Å². The molecular formula is C17H20ClN. The number of benzene rings is 2. The van der Waals surface area contributed by atoms with Gasteiger partial charge in [0.2, 0.25) is 0 Å². The molecule has 0 aromatic heterocycles.